The molecular formula is C9H8O2S4. The van der Waals surface area contributed by atoms with Crippen LogP contribution in [0.3, 0.4) is 0 Å². The Bertz CT molecular complexity index is 377. The van der Waals surface area contributed by atoms with Gasteiger partial charge in [0.1, 0.15) is 13.2 Å². The van der Waals surface area contributed by atoms with Crippen molar-refractivity contribution in [1.82, 2.24) is 0 Å². The second kappa shape index (κ2) is 4.24. The van der Waals surface area contributed by atoms with Gasteiger partial charge < -0.3 is 9.47 Å². The summed E-state index contributed by atoms with van der Waals surface area (Å²) in [5.74, 6) is 0. The SMILES string of the molecule is CC1=CSC(=C2SC3=C(OCCO3)S2)S1. The molecule has 6 heteroatoms. The monoisotopic (exact) mass is 276 g/mol. The summed E-state index contributed by atoms with van der Waals surface area (Å²) < 4.78 is 13.7. The van der Waals surface area contributed by atoms with E-state index in [1.807, 2.05) is 11.8 Å². The molecule has 3 heterocycles. The minimum Gasteiger partial charge on any atom is -0.480 e. The lowest BCUT2D eigenvalue weighted by atomic mass is 10.7. The topological polar surface area (TPSA) is 18.5 Å². The maximum Gasteiger partial charge on any atom is 0.208 e. The van der Waals surface area contributed by atoms with Crippen molar-refractivity contribution in [2.75, 3.05) is 13.2 Å². The Labute approximate surface area is 105 Å². The molecule has 0 saturated carbocycles. The molecule has 0 saturated heterocycles. The highest BCUT2D eigenvalue weighted by molar-refractivity contribution is 8.33. The first kappa shape index (κ1) is 10.4. The van der Waals surface area contributed by atoms with Crippen LogP contribution in [0.1, 0.15) is 6.92 Å². The van der Waals surface area contributed by atoms with Crippen molar-refractivity contribution in [3.8, 4) is 0 Å². The van der Waals surface area contributed by atoms with Gasteiger partial charge in [0.15, 0.2) is 0 Å². The fourth-order valence-electron chi connectivity index (χ4n) is 1.22. The van der Waals surface area contributed by atoms with E-state index in [4.69, 9.17) is 9.47 Å². The molecule has 0 aromatic carbocycles. The van der Waals surface area contributed by atoms with E-state index in [0.717, 1.165) is 10.2 Å². The highest BCUT2D eigenvalue weighted by atomic mass is 32.2. The van der Waals surface area contributed by atoms with Gasteiger partial charge in [0.2, 0.25) is 10.2 Å². The first-order valence-corrected chi connectivity index (χ1v) is 7.77. The fraction of sp³-hybridized carbons (Fsp3) is 0.333. The van der Waals surface area contributed by atoms with Gasteiger partial charge in [-0.25, -0.2) is 0 Å². The van der Waals surface area contributed by atoms with E-state index in [1.54, 1.807) is 35.3 Å². The van der Waals surface area contributed by atoms with Crippen molar-refractivity contribution < 1.29 is 9.47 Å². The van der Waals surface area contributed by atoms with Crippen molar-refractivity contribution in [2.24, 2.45) is 0 Å². The van der Waals surface area contributed by atoms with Gasteiger partial charge in [0, 0.05) is 0 Å². The zero-order valence-corrected chi connectivity index (χ0v) is 11.2. The molecule has 0 aromatic heterocycles. The Morgan fingerprint density at radius 2 is 1.67 bits per heavy atom. The van der Waals surface area contributed by atoms with Crippen LogP contribution in [0.4, 0.5) is 0 Å². The second-order valence-electron chi connectivity index (χ2n) is 3.00. The van der Waals surface area contributed by atoms with Crippen molar-refractivity contribution in [3.05, 3.63) is 29.0 Å². The Kier molecular flexibility index (Phi) is 2.93. The molecule has 0 amide bonds. The highest BCUT2D eigenvalue weighted by Gasteiger charge is 2.30. The molecule has 0 atom stereocenters. The summed E-state index contributed by atoms with van der Waals surface area (Å²) >= 11 is 7.01. The zero-order valence-electron chi connectivity index (χ0n) is 7.94. The van der Waals surface area contributed by atoms with E-state index in [2.05, 4.69) is 12.3 Å². The number of hydrogen-bond acceptors (Lipinski definition) is 6. The highest BCUT2D eigenvalue weighted by Crippen LogP contribution is 2.58. The molecule has 3 aliphatic heterocycles. The minimum atomic E-state index is 0.673. The number of ether oxygens (including phenoxy) is 2. The predicted octanol–water partition coefficient (Wildman–Crippen LogP) is 4.11. The fourth-order valence-corrected chi connectivity index (χ4v) is 6.02. The number of hydrogen-bond donors (Lipinski definition) is 0. The van der Waals surface area contributed by atoms with Gasteiger partial charge in [-0.3, -0.25) is 0 Å². The van der Waals surface area contributed by atoms with Gasteiger partial charge in [0.25, 0.3) is 0 Å². The summed E-state index contributed by atoms with van der Waals surface area (Å²) in [4.78, 5) is 1.36. The average Bonchev–Trinajstić information content (AvgIpc) is 2.82. The zero-order chi connectivity index (χ0) is 10.3. The van der Waals surface area contributed by atoms with Crippen LogP contribution < -0.4 is 0 Å². The summed E-state index contributed by atoms with van der Waals surface area (Å²) in [7, 11) is 0. The summed E-state index contributed by atoms with van der Waals surface area (Å²) in [6.45, 7) is 3.48. The van der Waals surface area contributed by atoms with Crippen LogP contribution in [0.25, 0.3) is 0 Å². The van der Waals surface area contributed by atoms with Crippen LogP contribution >= 0.6 is 47.0 Å². The Hall–Kier alpha value is 0.220. The lowest BCUT2D eigenvalue weighted by Gasteiger charge is -2.13. The van der Waals surface area contributed by atoms with Gasteiger partial charge in [-0.15, -0.1) is 0 Å². The molecule has 0 aromatic rings. The normalized spacial score (nSPS) is 25.0. The molecular weight excluding hydrogens is 268 g/mol. The van der Waals surface area contributed by atoms with E-state index in [0.29, 0.717) is 13.2 Å². The lowest BCUT2D eigenvalue weighted by Crippen LogP contribution is -2.08. The van der Waals surface area contributed by atoms with Gasteiger partial charge in [-0.05, 0) is 40.8 Å². The van der Waals surface area contributed by atoms with Gasteiger partial charge in [-0.1, -0.05) is 23.5 Å². The summed E-state index contributed by atoms with van der Waals surface area (Å²) in [5, 5.41) is 4.08. The summed E-state index contributed by atoms with van der Waals surface area (Å²) in [6, 6.07) is 0. The number of allylic oxidation sites excluding steroid dienone is 1. The molecule has 0 fully saturated rings. The van der Waals surface area contributed by atoms with Gasteiger partial charge in [0.05, 0.1) is 8.47 Å². The second-order valence-corrected chi connectivity index (χ2v) is 7.62. The Morgan fingerprint density at radius 1 is 1.00 bits per heavy atom. The summed E-state index contributed by atoms with van der Waals surface area (Å²) in [6.07, 6.45) is 0. The molecule has 3 rings (SSSR count). The number of thioether (sulfide) groups is 4. The van der Waals surface area contributed by atoms with Crippen LogP contribution in [0.15, 0.2) is 29.0 Å². The summed E-state index contributed by atoms with van der Waals surface area (Å²) in [5.41, 5.74) is 0. The van der Waals surface area contributed by atoms with Crippen molar-refractivity contribution in [1.29, 1.82) is 0 Å². The maximum absolute atomic E-state index is 5.55. The molecule has 0 spiro atoms. The first-order valence-electron chi connectivity index (χ1n) is 4.44. The molecule has 2 nitrogen and oxygen atoms in total. The van der Waals surface area contributed by atoms with Crippen LogP contribution in [-0.2, 0) is 9.47 Å². The molecule has 80 valence electrons. The van der Waals surface area contributed by atoms with E-state index < -0.39 is 0 Å². The third-order valence-corrected chi connectivity index (χ3v) is 7.15. The van der Waals surface area contributed by atoms with Crippen LogP contribution in [0.2, 0.25) is 0 Å². The van der Waals surface area contributed by atoms with E-state index in [-0.39, 0.29) is 0 Å². The molecule has 0 unspecified atom stereocenters. The largest absolute Gasteiger partial charge is 0.480 e. The minimum absolute atomic E-state index is 0.673. The van der Waals surface area contributed by atoms with Crippen LogP contribution in [-0.4, -0.2) is 13.2 Å². The van der Waals surface area contributed by atoms with Gasteiger partial charge >= 0.3 is 0 Å². The quantitative estimate of drug-likeness (QED) is 0.658. The van der Waals surface area contributed by atoms with Crippen LogP contribution in [0.5, 0.6) is 0 Å². The van der Waals surface area contributed by atoms with Gasteiger partial charge in [-0.2, -0.15) is 0 Å². The van der Waals surface area contributed by atoms with Crippen LogP contribution in [0, 0.1) is 0 Å². The molecule has 15 heavy (non-hydrogen) atoms. The molecule has 3 aliphatic rings. The smallest absolute Gasteiger partial charge is 0.208 e. The Balaban J connectivity index is 1.79. The Morgan fingerprint density at radius 3 is 2.20 bits per heavy atom. The molecule has 0 N–H and O–H groups in total. The number of rotatable bonds is 0. The first-order chi connectivity index (χ1) is 7.33. The molecule has 0 bridgehead atoms. The van der Waals surface area contributed by atoms with Crippen molar-refractivity contribution in [3.63, 3.8) is 0 Å². The third kappa shape index (κ3) is 2.05. The molecule has 0 aliphatic carbocycles. The van der Waals surface area contributed by atoms with Crippen molar-refractivity contribution >= 4 is 47.0 Å². The average molecular weight is 276 g/mol. The van der Waals surface area contributed by atoms with E-state index in [9.17, 15) is 0 Å². The van der Waals surface area contributed by atoms with E-state index >= 15 is 0 Å². The predicted molar refractivity (Wildman–Crippen MR) is 70.1 cm³/mol. The third-order valence-electron chi connectivity index (χ3n) is 1.84. The standard InChI is InChI=1S/C9H8O2S4/c1-5-4-12-8(13-5)9-14-6-7(15-9)11-3-2-10-6/h4H,2-3H2,1H3. The molecule has 0 radical (unpaired) electrons. The lowest BCUT2D eigenvalue weighted by molar-refractivity contribution is 0.0949. The maximum atomic E-state index is 5.55. The van der Waals surface area contributed by atoms with E-state index in [1.165, 1.54) is 13.4 Å². The van der Waals surface area contributed by atoms with Crippen molar-refractivity contribution in [2.45, 2.75) is 6.92 Å².